The first-order valence-corrected chi connectivity index (χ1v) is 39.2. The Bertz CT molecular complexity index is 6350. The summed E-state index contributed by atoms with van der Waals surface area (Å²) in [7, 11) is 1.66. The number of ether oxygens (including phenoxy) is 2. The summed E-state index contributed by atoms with van der Waals surface area (Å²) in [6, 6.07) is 101. The van der Waals surface area contributed by atoms with Gasteiger partial charge in [-0.2, -0.15) is 8.78 Å². The maximum absolute atomic E-state index is 13.3. The number of carbonyl (C=O) groups is 2. The van der Waals surface area contributed by atoms with Crippen LogP contribution in [0.4, 0.5) is 13.2 Å². The quantitative estimate of drug-likeness (QED) is 0.0721. The molecule has 5 radical (unpaired) electrons. The number of benzene rings is 11. The van der Waals surface area contributed by atoms with Gasteiger partial charge in [0, 0.05) is 225 Å². The minimum absolute atomic E-state index is 0. The Morgan fingerprint density at radius 3 is 1.28 bits per heavy atom. The summed E-state index contributed by atoms with van der Waals surface area (Å²) >= 11 is 0. The summed E-state index contributed by atoms with van der Waals surface area (Å²) in [5, 5.41) is 28.1. The number of aromatic nitrogens is 5. The molecule has 5 aromatic heterocycles. The molecule has 0 spiro atoms. The summed E-state index contributed by atoms with van der Waals surface area (Å²) in [4.78, 5) is 44.1. The second-order valence-corrected chi connectivity index (χ2v) is 31.6. The number of hydrogen-bond donors (Lipinski definition) is 2. The van der Waals surface area contributed by atoms with Crippen molar-refractivity contribution in [3.05, 3.63) is 368 Å². The van der Waals surface area contributed by atoms with E-state index in [0.717, 1.165) is 94.5 Å². The van der Waals surface area contributed by atoms with E-state index >= 15 is 0 Å². The van der Waals surface area contributed by atoms with Crippen molar-refractivity contribution in [2.45, 2.75) is 109 Å². The van der Waals surface area contributed by atoms with Crippen LogP contribution in [-0.2, 0) is 116 Å². The Hall–Kier alpha value is -10.5. The van der Waals surface area contributed by atoms with Crippen molar-refractivity contribution in [1.82, 2.24) is 24.9 Å². The number of methoxy groups -OCH3 is 1. The number of hydrogen-bond acceptors (Lipinski definition) is 11. The molecular weight excluding hydrogens is 2460 g/mol. The predicted octanol–water partition coefficient (Wildman–Crippen LogP) is 32.4. The number of halogens is 3. The van der Waals surface area contributed by atoms with Crippen molar-refractivity contribution < 1.29 is 202 Å². The number of aliphatic hydroxyl groups is 2. The number of para-hydroxylation sites is 1. The summed E-state index contributed by atoms with van der Waals surface area (Å²) in [6.07, 6.45) is 9.69. The Labute approximate surface area is 861 Å². The molecule has 16 aromatic rings. The Morgan fingerprint density at radius 2 is 0.856 bits per heavy atom. The van der Waals surface area contributed by atoms with Crippen molar-refractivity contribution in [1.29, 1.82) is 0 Å². The third-order valence-electron chi connectivity index (χ3n) is 19.0. The summed E-state index contributed by atoms with van der Waals surface area (Å²) < 4.78 is 237. The molecule has 16 rings (SSSR count). The van der Waals surface area contributed by atoms with Crippen LogP contribution in [0.3, 0.4) is 0 Å². The maximum Gasteiger partial charge on any atom is 0.379 e. The third kappa shape index (κ3) is 30.4. The normalized spacial score (nSPS) is 12.2. The van der Waals surface area contributed by atoms with E-state index in [1.807, 2.05) is 169 Å². The van der Waals surface area contributed by atoms with Crippen molar-refractivity contribution in [3.63, 3.8) is 0 Å². The molecule has 0 saturated carbocycles. The third-order valence-corrected chi connectivity index (χ3v) is 19.0. The topological polar surface area (TPSA) is 158 Å². The Morgan fingerprint density at radius 1 is 0.424 bits per heavy atom. The summed E-state index contributed by atoms with van der Waals surface area (Å²) in [6.45, 7) is 23.7. The summed E-state index contributed by atoms with van der Waals surface area (Å²) in [5.41, 5.74) is 16.3. The van der Waals surface area contributed by atoms with Gasteiger partial charge < -0.3 is 39.6 Å². The molecule has 19 heteroatoms. The average molecular weight is 2640 g/mol. The van der Waals surface area contributed by atoms with Crippen LogP contribution in [0, 0.1) is 67.8 Å². The van der Waals surface area contributed by atoms with Crippen molar-refractivity contribution >= 4 is 65.6 Å². The van der Waals surface area contributed by atoms with Crippen LogP contribution in [0.25, 0.3) is 121 Å². The fraction of sp³-hybridized carbons (Fsp3) is 0.179. The van der Waals surface area contributed by atoms with Crippen molar-refractivity contribution in [2.75, 3.05) is 7.11 Å². The van der Waals surface area contributed by atoms with Gasteiger partial charge in [0.15, 0.2) is 11.6 Å². The smallest absolute Gasteiger partial charge is 0.379 e. The van der Waals surface area contributed by atoms with Crippen LogP contribution in [-0.4, -0.2) is 60.4 Å². The Balaban J connectivity index is -0.0000000987. The minimum Gasteiger partial charge on any atom is -0.540 e. The van der Waals surface area contributed by atoms with Crippen LogP contribution in [0.15, 0.2) is 309 Å². The molecule has 5 heterocycles. The van der Waals surface area contributed by atoms with E-state index < -0.39 is 12.0 Å². The standard InChI is InChI=1S/C22H16N.C19H18N.C17H14NO.C16H10F2NO.C16H11FN.C11H20O2.C5H8O2.5Ir.21H2/c1-16-15-20-9-5-6-10-21(20)23-22(16)19-13-11-18(12-14-19)17-7-3-2-4-8-17;1-19(2,3)16-10-8-15(9-11-16)18-17-7-5-4-6-14(17)12-13-20-18;1-12-3-4-13-9-10-18-17(16(13)11-12)14-5-7-15(19-2)8-6-14;17-16(18)20-13-7-5-12(6-8-13)15-14-4-2-1-3-11(14)9-10-19-15;1-11-10-13(6-7-15(11)17)16-14-5-3-2-4-12(14)8-9-18-16;1-10(2,3)8(12)7-9(13)11(4,5)6;1-4(6)3-5(2)7;;;;;;;;;;;;;;;;;;;;;;;;;;/h2-13,15H,1H3;4-8,10-13H,1-3H3;3-5,7-11H,1-2H3;1-5,7-10,16H;2-5,7-10H,1H3;7,12H,1-6H3;3,6H,1-2H3;;;;;;21*1H/q5*-1;;;;;;;;;;;;;;;;;;;;;;;;;;;;/i;;;;;;;;;;;;19*1+1D;2*1+1. The molecule has 0 bridgehead atoms. The van der Waals surface area contributed by atoms with E-state index in [1.165, 1.54) is 93.6 Å². The first-order valence-electron chi connectivity index (χ1n) is 58.2. The number of aliphatic hydroxyl groups excluding tert-OH is 2. The summed E-state index contributed by atoms with van der Waals surface area (Å²) in [5.74, 6) is 0.697. The van der Waals surface area contributed by atoms with Crippen molar-refractivity contribution in [2.24, 2.45) is 10.8 Å². The van der Waals surface area contributed by atoms with Crippen LogP contribution in [0.2, 0.25) is 0 Å². The van der Waals surface area contributed by atoms with Crippen LogP contribution in [0.5, 0.6) is 11.5 Å². The molecule has 0 amide bonds. The number of allylic oxidation sites excluding steroid dienone is 4. The number of nitrogens with zero attached hydrogens (tertiary/aromatic N) is 5. The van der Waals surface area contributed by atoms with Gasteiger partial charge in [0.2, 0.25) is 0 Å². The number of ketones is 2. The zero-order chi connectivity index (χ0) is 124. The van der Waals surface area contributed by atoms with E-state index in [2.05, 4.69) is 205 Å². The first kappa shape index (κ1) is 78.0. The minimum atomic E-state index is -2.83. The van der Waals surface area contributed by atoms with Gasteiger partial charge in [-0.15, -0.1) is 149 Å². The van der Waals surface area contributed by atoms with Crippen LogP contribution >= 0.6 is 0 Å². The number of carbonyl (C=O) groups excluding carboxylic acids is 2. The molecule has 0 atom stereocenters. The number of aryl methyl sites for hydroxylation is 3. The zero-order valence-corrected chi connectivity index (χ0v) is 83.9. The van der Waals surface area contributed by atoms with Gasteiger partial charge in [-0.3, -0.25) is 19.0 Å². The number of pyridine rings is 5. The van der Waals surface area contributed by atoms with E-state index in [-0.39, 0.29) is 149 Å². The number of rotatable bonds is 11. The molecule has 0 saturated heterocycles. The monoisotopic (exact) mass is 2640 g/mol. The van der Waals surface area contributed by atoms with Crippen LogP contribution < -0.4 is 9.47 Å². The van der Waals surface area contributed by atoms with Gasteiger partial charge >= 0.3 is 6.61 Å². The van der Waals surface area contributed by atoms with E-state index in [0.29, 0.717) is 5.56 Å². The average Bonchev–Trinajstić information content (AvgIpc) is 0.807. The number of alkyl halides is 2. The molecule has 0 aliphatic carbocycles. The fourth-order valence-corrected chi connectivity index (χ4v) is 12.4. The second kappa shape index (κ2) is 49.4. The largest absolute Gasteiger partial charge is 0.540 e. The van der Waals surface area contributed by atoms with Crippen LogP contribution in [0.1, 0.15) is 158 Å². The molecule has 11 aromatic carbocycles. The molecular formula is C106H139F3Ir5N5O6-5. The predicted molar refractivity (Wildman–Crippen MR) is 528 cm³/mol. The van der Waals surface area contributed by atoms with Crippen molar-refractivity contribution in [3.8, 4) is 78.9 Å². The fourth-order valence-electron chi connectivity index (χ4n) is 12.4. The molecule has 0 fully saturated rings. The molecule has 695 valence electrons. The van der Waals surface area contributed by atoms with Gasteiger partial charge in [0.05, 0.1) is 18.4 Å². The molecule has 0 aliphatic heterocycles. The molecule has 11 nitrogen and oxygen atoms in total. The molecule has 125 heavy (non-hydrogen) atoms. The van der Waals surface area contributed by atoms with Gasteiger partial charge in [0.25, 0.3) is 0 Å². The second-order valence-electron chi connectivity index (χ2n) is 31.6. The molecule has 0 aliphatic rings. The van der Waals surface area contributed by atoms with E-state index in [4.69, 9.17) is 71.2 Å². The maximum atomic E-state index is 13.3. The molecule has 2 N–H and O–H groups in total. The van der Waals surface area contributed by atoms with Gasteiger partial charge in [-0.25, -0.2) is 0 Å². The zero-order valence-electron chi connectivity index (χ0n) is 110. The first-order chi connectivity index (χ1) is 76.3. The van der Waals surface area contributed by atoms with Gasteiger partial charge in [-0.05, 0) is 140 Å². The van der Waals surface area contributed by atoms with Gasteiger partial charge in [-0.1, -0.05) is 243 Å². The SMILES string of the molecule is CC(=O)C=C(C)O.CC(C)(C)C(=O)C=C(O)C(C)(C)C.CC(C)(C)c1c[c-]c(-c2nccc3ccccc23)cc1.COc1c[c-]c(-c2nccc3ccc(C)cc23)cc1.Cc1cc(-c2nccc3ccccc23)[c-]cc1F.Cc1cc2ccccc2nc1-c1[c-]cc(-c2ccccc2)cc1.FC(F)Oc1c[c-]c(-c2nccc3ccccc23)cc1.[2HH].[2HH].[2H][2H].[2H][2H].[2H][2H].[2H][2H].[2H][2H].[2H][2H].[2H][2H].[2H][2H].[2H][2H].[2H][2H].[2H][2H].[2H][2H].[2H][2H].[2H][2H].[2H][2H].[2H][2H].[2H][2H].[2H][2H].[2H][2H].[Ir].[Ir].[Ir].[Ir].[Ir]. The van der Waals surface area contributed by atoms with E-state index in [1.54, 1.807) is 38.6 Å². The number of fused-ring (bicyclic) bond motifs is 5. The van der Waals surface area contributed by atoms with Gasteiger partial charge in [0.1, 0.15) is 5.76 Å². The molecule has 0 unspecified atom stereocenters. The van der Waals surface area contributed by atoms with E-state index in [9.17, 15) is 27.9 Å². The Kier molecular flexibility index (Phi) is 30.9.